The molecule has 0 heterocycles. The number of hydrogen-bond acceptors (Lipinski definition) is 15. The van der Waals surface area contributed by atoms with Gasteiger partial charge >= 0.3 is 39.5 Å². The Balaban J connectivity index is 5.24. The van der Waals surface area contributed by atoms with E-state index in [-0.39, 0.29) is 25.7 Å². The summed E-state index contributed by atoms with van der Waals surface area (Å²) in [5, 5.41) is 10.6. The Morgan fingerprint density at radius 3 is 0.807 bits per heavy atom. The van der Waals surface area contributed by atoms with Crippen molar-refractivity contribution in [2.75, 3.05) is 39.6 Å². The van der Waals surface area contributed by atoms with Crippen LogP contribution in [0.15, 0.2) is 0 Å². The molecule has 0 fully saturated rings. The molecule has 4 unspecified atom stereocenters. The first-order valence-corrected chi connectivity index (χ1v) is 38.7. The van der Waals surface area contributed by atoms with E-state index in [2.05, 4.69) is 55.4 Å². The molecule has 0 bridgehead atoms. The predicted molar refractivity (Wildman–Crippen MR) is 354 cm³/mol. The van der Waals surface area contributed by atoms with Crippen molar-refractivity contribution in [2.45, 2.75) is 356 Å². The van der Waals surface area contributed by atoms with Gasteiger partial charge in [-0.3, -0.25) is 37.3 Å². The fraction of sp³-hybridized carbons (Fsp3) is 0.942. The smallest absolute Gasteiger partial charge is 0.462 e. The van der Waals surface area contributed by atoms with E-state index >= 15 is 0 Å². The lowest BCUT2D eigenvalue weighted by Crippen LogP contribution is -2.30. The van der Waals surface area contributed by atoms with Gasteiger partial charge in [0.05, 0.1) is 26.4 Å². The van der Waals surface area contributed by atoms with Crippen LogP contribution in [0.25, 0.3) is 0 Å². The Morgan fingerprint density at radius 1 is 0.318 bits per heavy atom. The Labute approximate surface area is 537 Å². The van der Waals surface area contributed by atoms with Crippen LogP contribution in [0.5, 0.6) is 0 Å². The SMILES string of the molecule is CCC(C)CCCCCCCCCCCCC(=O)O[C@H](COC(=O)CCCCCCCCC(C)C)COP(=O)(O)OCC(O)COP(=O)(O)OC[C@@H](COC(=O)CCCCCCCCCC(C)C)OC(=O)CCCCCCCCCCCCCCC(C)C. The summed E-state index contributed by atoms with van der Waals surface area (Å²) in [6.07, 6.45) is 40.4. The van der Waals surface area contributed by atoms with Gasteiger partial charge in [-0.1, -0.05) is 287 Å². The lowest BCUT2D eigenvalue weighted by molar-refractivity contribution is -0.161. The van der Waals surface area contributed by atoms with Gasteiger partial charge in [0.25, 0.3) is 0 Å². The molecular weight excluding hydrogens is 1160 g/mol. The van der Waals surface area contributed by atoms with E-state index in [1.165, 1.54) is 128 Å². The minimum Gasteiger partial charge on any atom is -0.462 e. The van der Waals surface area contributed by atoms with Crippen LogP contribution in [0.2, 0.25) is 0 Å². The summed E-state index contributed by atoms with van der Waals surface area (Å²) in [6, 6.07) is 0. The van der Waals surface area contributed by atoms with Gasteiger partial charge in [-0.25, -0.2) is 9.13 Å². The van der Waals surface area contributed by atoms with Crippen LogP contribution >= 0.6 is 15.6 Å². The number of phosphoric ester groups is 2. The van der Waals surface area contributed by atoms with Crippen molar-refractivity contribution in [1.29, 1.82) is 0 Å². The quantitative estimate of drug-likeness (QED) is 0.0222. The monoisotopic (exact) mass is 1300 g/mol. The molecule has 0 aromatic rings. The molecule has 0 spiro atoms. The third-order valence-corrected chi connectivity index (χ3v) is 18.1. The van der Waals surface area contributed by atoms with Gasteiger partial charge in [0, 0.05) is 25.7 Å². The first kappa shape index (κ1) is 86.1. The third-order valence-electron chi connectivity index (χ3n) is 16.2. The molecule has 0 saturated carbocycles. The highest BCUT2D eigenvalue weighted by Crippen LogP contribution is 2.45. The second kappa shape index (κ2) is 58.8. The molecule has 0 rings (SSSR count). The van der Waals surface area contributed by atoms with Gasteiger partial charge in [0.1, 0.15) is 19.3 Å². The maximum atomic E-state index is 13.0. The van der Waals surface area contributed by atoms with Crippen molar-refractivity contribution in [3.63, 3.8) is 0 Å². The predicted octanol–water partition coefficient (Wildman–Crippen LogP) is 19.3. The third kappa shape index (κ3) is 61.6. The van der Waals surface area contributed by atoms with Crippen molar-refractivity contribution < 1.29 is 80.2 Å². The van der Waals surface area contributed by atoms with E-state index in [1.807, 2.05) is 0 Å². The number of carbonyl (C=O) groups excluding carboxylic acids is 4. The fourth-order valence-corrected chi connectivity index (χ4v) is 11.9. The van der Waals surface area contributed by atoms with Crippen molar-refractivity contribution >= 4 is 39.5 Å². The van der Waals surface area contributed by atoms with Gasteiger partial charge in [-0.05, 0) is 49.4 Å². The highest BCUT2D eigenvalue weighted by molar-refractivity contribution is 7.47. The molecule has 0 aliphatic rings. The summed E-state index contributed by atoms with van der Waals surface area (Å²) in [5.41, 5.74) is 0. The number of ether oxygens (including phenoxy) is 4. The lowest BCUT2D eigenvalue weighted by atomic mass is 9.99. The van der Waals surface area contributed by atoms with Crippen LogP contribution in [0, 0.1) is 23.7 Å². The molecule has 0 radical (unpaired) electrons. The molecule has 0 aromatic heterocycles. The highest BCUT2D eigenvalue weighted by atomic mass is 31.2. The van der Waals surface area contributed by atoms with E-state index in [0.29, 0.717) is 37.5 Å². The largest absolute Gasteiger partial charge is 0.472 e. The van der Waals surface area contributed by atoms with Gasteiger partial charge in [0.2, 0.25) is 0 Å². The number of rotatable bonds is 66. The molecule has 0 amide bonds. The summed E-state index contributed by atoms with van der Waals surface area (Å²) < 4.78 is 68.2. The molecule has 0 aliphatic carbocycles. The average molecular weight is 1300 g/mol. The Hall–Kier alpha value is -1.94. The van der Waals surface area contributed by atoms with Crippen LogP contribution in [0.1, 0.15) is 338 Å². The summed E-state index contributed by atoms with van der Waals surface area (Å²) >= 11 is 0. The van der Waals surface area contributed by atoms with Crippen molar-refractivity contribution in [2.24, 2.45) is 23.7 Å². The summed E-state index contributed by atoms with van der Waals surface area (Å²) in [6.45, 7) is 14.0. The second-order valence-corrected chi connectivity index (χ2v) is 29.5. The molecule has 0 saturated heterocycles. The van der Waals surface area contributed by atoms with Gasteiger partial charge in [-0.2, -0.15) is 0 Å². The number of hydrogen-bond donors (Lipinski definition) is 3. The van der Waals surface area contributed by atoms with Crippen LogP contribution in [0.3, 0.4) is 0 Å². The van der Waals surface area contributed by atoms with Crippen molar-refractivity contribution in [3.8, 4) is 0 Å². The topological polar surface area (TPSA) is 237 Å². The van der Waals surface area contributed by atoms with E-state index in [1.54, 1.807) is 0 Å². The number of esters is 4. The zero-order valence-corrected chi connectivity index (χ0v) is 59.1. The Kier molecular flexibility index (Phi) is 57.6. The van der Waals surface area contributed by atoms with E-state index in [4.69, 9.17) is 37.0 Å². The molecule has 0 aliphatic heterocycles. The van der Waals surface area contributed by atoms with E-state index in [0.717, 1.165) is 115 Å². The molecule has 17 nitrogen and oxygen atoms in total. The summed E-state index contributed by atoms with van der Waals surface area (Å²) in [4.78, 5) is 72.4. The molecule has 522 valence electrons. The maximum Gasteiger partial charge on any atom is 0.472 e. The molecule has 6 atom stereocenters. The van der Waals surface area contributed by atoms with Crippen LogP contribution < -0.4 is 0 Å². The molecule has 88 heavy (non-hydrogen) atoms. The average Bonchev–Trinajstić information content (AvgIpc) is 3.55. The molecular formula is C69H134O17P2. The molecule has 3 N–H and O–H groups in total. The van der Waals surface area contributed by atoms with E-state index in [9.17, 15) is 43.2 Å². The van der Waals surface area contributed by atoms with Gasteiger partial charge < -0.3 is 33.8 Å². The zero-order valence-electron chi connectivity index (χ0n) is 57.3. The molecule has 19 heteroatoms. The van der Waals surface area contributed by atoms with Crippen LogP contribution in [0.4, 0.5) is 0 Å². The Morgan fingerprint density at radius 2 is 0.545 bits per heavy atom. The second-order valence-electron chi connectivity index (χ2n) is 26.6. The lowest BCUT2D eigenvalue weighted by Gasteiger charge is -2.21. The zero-order chi connectivity index (χ0) is 65.4. The first-order chi connectivity index (χ1) is 42.1. The first-order valence-electron chi connectivity index (χ1n) is 35.7. The fourth-order valence-electron chi connectivity index (χ4n) is 10.3. The van der Waals surface area contributed by atoms with Crippen LogP contribution in [-0.2, 0) is 65.4 Å². The number of unbranched alkanes of at least 4 members (excludes halogenated alkanes) is 31. The van der Waals surface area contributed by atoms with Gasteiger partial charge in [-0.15, -0.1) is 0 Å². The summed E-state index contributed by atoms with van der Waals surface area (Å²) in [7, 11) is -9.90. The van der Waals surface area contributed by atoms with Crippen molar-refractivity contribution in [1.82, 2.24) is 0 Å². The van der Waals surface area contributed by atoms with Crippen LogP contribution in [-0.4, -0.2) is 96.7 Å². The summed E-state index contributed by atoms with van der Waals surface area (Å²) in [5.74, 6) is 0.831. The van der Waals surface area contributed by atoms with Gasteiger partial charge in [0.15, 0.2) is 12.2 Å². The Bertz CT molecular complexity index is 1750. The number of aliphatic hydroxyl groups excluding tert-OH is 1. The highest BCUT2D eigenvalue weighted by Gasteiger charge is 2.30. The standard InChI is InChI=1S/C69H134O17P2/c1-9-62(8)48-40-32-23-17-14-15-19-25-36-44-52-69(74)86-65(56-80-67(72)50-42-34-28-27-31-39-47-61(6)7)58-84-88(77,78)82-54-63(70)53-81-87(75,76)83-57-64(55-79-66(71)49-41-33-26-20-22-30-38-46-60(4)5)85-68(73)51-43-35-24-18-13-11-10-12-16-21-29-37-45-59(2)3/h59-65,70H,9-58H2,1-8H3,(H,75,76)(H,77,78)/t62?,63?,64-,65-/m1/s1. The normalized spacial score (nSPS) is 14.6. The minimum absolute atomic E-state index is 0.104. The van der Waals surface area contributed by atoms with Crippen molar-refractivity contribution in [3.05, 3.63) is 0 Å². The minimum atomic E-state index is -4.95. The number of aliphatic hydroxyl groups is 1. The van der Waals surface area contributed by atoms with E-state index < -0.39 is 97.5 Å². The number of carbonyl (C=O) groups is 4. The maximum absolute atomic E-state index is 13.0. The molecule has 0 aromatic carbocycles. The number of phosphoric acid groups is 2.